The second-order valence-electron chi connectivity index (χ2n) is 6.49. The molecule has 27 heavy (non-hydrogen) atoms. The third-order valence-corrected chi connectivity index (χ3v) is 6.05. The monoisotopic (exact) mass is 422 g/mol. The summed E-state index contributed by atoms with van der Waals surface area (Å²) in [6.07, 6.45) is 6.00. The number of benzene rings is 1. The number of rotatable bonds is 5. The van der Waals surface area contributed by atoms with Gasteiger partial charge in [-0.25, -0.2) is 4.79 Å². The van der Waals surface area contributed by atoms with Crippen LogP contribution in [-0.4, -0.2) is 23.7 Å². The molecular weight excluding hydrogens is 400 g/mol. The lowest BCUT2D eigenvalue weighted by Gasteiger charge is -2.24. The number of ether oxygens (including phenoxy) is 1. The molecule has 0 atom stereocenters. The highest BCUT2D eigenvalue weighted by Crippen LogP contribution is 2.39. The summed E-state index contributed by atoms with van der Waals surface area (Å²) in [5, 5.41) is 10.3. The van der Waals surface area contributed by atoms with Crippen molar-refractivity contribution in [1.29, 1.82) is 0 Å². The van der Waals surface area contributed by atoms with Crippen LogP contribution in [0.5, 0.6) is 0 Å². The Morgan fingerprint density at radius 1 is 1.26 bits per heavy atom. The van der Waals surface area contributed by atoms with Gasteiger partial charge in [-0.2, -0.15) is 0 Å². The molecule has 0 bridgehead atoms. The summed E-state index contributed by atoms with van der Waals surface area (Å²) < 4.78 is 5.28. The van der Waals surface area contributed by atoms with Crippen LogP contribution in [0.15, 0.2) is 29.6 Å². The van der Waals surface area contributed by atoms with E-state index in [2.05, 4.69) is 10.6 Å². The van der Waals surface area contributed by atoms with Crippen molar-refractivity contribution in [1.82, 2.24) is 5.32 Å². The van der Waals surface area contributed by atoms with E-state index in [-0.39, 0.29) is 5.97 Å². The van der Waals surface area contributed by atoms with Gasteiger partial charge in [0.2, 0.25) is 0 Å². The zero-order valence-corrected chi connectivity index (χ0v) is 17.6. The number of halogens is 1. The average molecular weight is 423 g/mol. The van der Waals surface area contributed by atoms with Gasteiger partial charge in [0.15, 0.2) is 5.11 Å². The molecule has 0 radical (unpaired) electrons. The van der Waals surface area contributed by atoms with Crippen molar-refractivity contribution in [3.8, 4) is 11.1 Å². The van der Waals surface area contributed by atoms with Crippen molar-refractivity contribution in [3.05, 3.63) is 40.2 Å². The fourth-order valence-electron chi connectivity index (χ4n) is 3.31. The highest BCUT2D eigenvalue weighted by molar-refractivity contribution is 7.80. The van der Waals surface area contributed by atoms with Crippen LogP contribution in [0, 0.1) is 0 Å². The quantitative estimate of drug-likeness (QED) is 0.466. The van der Waals surface area contributed by atoms with E-state index >= 15 is 0 Å². The van der Waals surface area contributed by atoms with Crippen molar-refractivity contribution >= 4 is 51.2 Å². The van der Waals surface area contributed by atoms with Gasteiger partial charge >= 0.3 is 5.97 Å². The predicted octanol–water partition coefficient (Wildman–Crippen LogP) is 5.86. The van der Waals surface area contributed by atoms with Crippen molar-refractivity contribution < 1.29 is 9.53 Å². The number of carbonyl (C=O) groups excluding carboxylic acids is 1. The van der Waals surface area contributed by atoms with E-state index < -0.39 is 0 Å². The number of hydrogen-bond acceptors (Lipinski definition) is 4. The van der Waals surface area contributed by atoms with Crippen LogP contribution < -0.4 is 10.6 Å². The molecule has 1 aliphatic carbocycles. The summed E-state index contributed by atoms with van der Waals surface area (Å²) in [6, 6.07) is 7.87. The number of nitrogens with one attached hydrogen (secondary N) is 2. The molecule has 0 aliphatic heterocycles. The lowest BCUT2D eigenvalue weighted by atomic mass is 9.96. The van der Waals surface area contributed by atoms with Gasteiger partial charge in [0, 0.05) is 27.6 Å². The largest absolute Gasteiger partial charge is 0.462 e. The molecule has 2 N–H and O–H groups in total. The molecule has 0 spiro atoms. The number of anilines is 1. The lowest BCUT2D eigenvalue weighted by molar-refractivity contribution is 0.0529. The lowest BCUT2D eigenvalue weighted by Crippen LogP contribution is -2.38. The third-order valence-electron chi connectivity index (χ3n) is 4.60. The molecule has 1 aromatic carbocycles. The molecule has 1 saturated carbocycles. The maximum atomic E-state index is 12.6. The third kappa shape index (κ3) is 5.00. The van der Waals surface area contributed by atoms with Crippen LogP contribution in [-0.2, 0) is 4.74 Å². The van der Waals surface area contributed by atoms with Gasteiger partial charge in [0.1, 0.15) is 10.6 Å². The number of carbonyl (C=O) groups is 1. The van der Waals surface area contributed by atoms with Crippen LogP contribution in [0.1, 0.15) is 49.4 Å². The SMILES string of the molecule is CCOC(=O)c1c(-c2ccccc2Cl)csc1NC(=S)NC1CCCCC1. The summed E-state index contributed by atoms with van der Waals surface area (Å²) in [6.45, 7) is 2.10. The molecular formula is C20H23ClN2O2S2. The van der Waals surface area contributed by atoms with Gasteiger partial charge in [0.05, 0.1) is 6.61 Å². The Bertz CT molecular complexity index is 816. The number of thiocarbonyl (C=S) groups is 1. The highest BCUT2D eigenvalue weighted by atomic mass is 35.5. The molecule has 0 amide bonds. The average Bonchev–Trinajstić information content (AvgIpc) is 3.06. The first kappa shape index (κ1) is 20.1. The first-order valence-electron chi connectivity index (χ1n) is 9.21. The molecule has 144 valence electrons. The van der Waals surface area contributed by atoms with Crippen molar-refractivity contribution in [2.75, 3.05) is 11.9 Å². The fourth-order valence-corrected chi connectivity index (χ4v) is 4.83. The van der Waals surface area contributed by atoms with Crippen LogP contribution in [0.2, 0.25) is 5.02 Å². The topological polar surface area (TPSA) is 50.4 Å². The Morgan fingerprint density at radius 2 is 2.00 bits per heavy atom. The van der Waals surface area contributed by atoms with E-state index in [0.717, 1.165) is 24.0 Å². The Hall–Kier alpha value is -1.63. The van der Waals surface area contributed by atoms with Crippen molar-refractivity contribution in [3.63, 3.8) is 0 Å². The van der Waals surface area contributed by atoms with Gasteiger partial charge < -0.3 is 15.4 Å². The van der Waals surface area contributed by atoms with Gasteiger partial charge in [-0.15, -0.1) is 11.3 Å². The smallest absolute Gasteiger partial charge is 0.341 e. The molecule has 0 saturated heterocycles. The normalized spacial score (nSPS) is 14.6. The molecule has 3 rings (SSSR count). The summed E-state index contributed by atoms with van der Waals surface area (Å²) in [7, 11) is 0. The van der Waals surface area contributed by atoms with E-state index in [0.29, 0.717) is 33.3 Å². The Balaban J connectivity index is 1.85. The first-order chi connectivity index (χ1) is 13.1. The van der Waals surface area contributed by atoms with Crippen LogP contribution in [0.4, 0.5) is 5.00 Å². The molecule has 1 heterocycles. The van der Waals surface area contributed by atoms with E-state index in [1.807, 2.05) is 29.6 Å². The minimum absolute atomic E-state index is 0.306. The maximum Gasteiger partial charge on any atom is 0.341 e. The van der Waals surface area contributed by atoms with Crippen LogP contribution >= 0.6 is 35.2 Å². The van der Waals surface area contributed by atoms with Gasteiger partial charge in [-0.1, -0.05) is 49.1 Å². The zero-order chi connectivity index (χ0) is 19.2. The van der Waals surface area contributed by atoms with E-state index in [1.54, 1.807) is 6.92 Å². The molecule has 2 aromatic rings. The van der Waals surface area contributed by atoms with Gasteiger partial charge in [-0.3, -0.25) is 0 Å². The number of esters is 1. The Kier molecular flexibility index (Phi) is 7.10. The van der Waals surface area contributed by atoms with Crippen LogP contribution in [0.25, 0.3) is 11.1 Å². The van der Waals surface area contributed by atoms with E-state index in [4.69, 9.17) is 28.6 Å². The van der Waals surface area contributed by atoms with Crippen LogP contribution in [0.3, 0.4) is 0 Å². The molecule has 7 heteroatoms. The molecule has 1 aromatic heterocycles. The summed E-state index contributed by atoms with van der Waals surface area (Å²) in [5.74, 6) is -0.378. The second-order valence-corrected chi connectivity index (χ2v) is 8.18. The minimum atomic E-state index is -0.378. The van der Waals surface area contributed by atoms with E-state index in [1.165, 1.54) is 30.6 Å². The second kappa shape index (κ2) is 9.53. The summed E-state index contributed by atoms with van der Waals surface area (Å²) in [5.41, 5.74) is 2.03. The summed E-state index contributed by atoms with van der Waals surface area (Å²) in [4.78, 5) is 12.6. The Labute approximate surface area is 174 Å². The van der Waals surface area contributed by atoms with Crippen molar-refractivity contribution in [2.24, 2.45) is 0 Å². The number of hydrogen-bond donors (Lipinski definition) is 2. The molecule has 4 nitrogen and oxygen atoms in total. The highest BCUT2D eigenvalue weighted by Gasteiger charge is 2.24. The zero-order valence-electron chi connectivity index (χ0n) is 15.2. The first-order valence-corrected chi connectivity index (χ1v) is 10.9. The fraction of sp³-hybridized carbons (Fsp3) is 0.400. The van der Waals surface area contributed by atoms with Gasteiger partial charge in [-0.05, 0) is 38.0 Å². The standard InChI is InChI=1S/C20H23ClN2O2S2/c1-2-25-19(24)17-15(14-10-6-7-11-16(14)21)12-27-18(17)23-20(26)22-13-8-4-3-5-9-13/h6-7,10-13H,2-5,8-9H2,1H3,(H2,22,23,26). The molecule has 1 aliphatic rings. The molecule has 0 unspecified atom stereocenters. The number of thiophene rings is 1. The summed E-state index contributed by atoms with van der Waals surface area (Å²) >= 11 is 13.3. The maximum absolute atomic E-state index is 12.6. The molecule has 1 fully saturated rings. The Morgan fingerprint density at radius 3 is 2.70 bits per heavy atom. The predicted molar refractivity (Wildman–Crippen MR) is 117 cm³/mol. The minimum Gasteiger partial charge on any atom is -0.462 e. The van der Waals surface area contributed by atoms with E-state index in [9.17, 15) is 4.79 Å². The van der Waals surface area contributed by atoms with Gasteiger partial charge in [0.25, 0.3) is 0 Å². The van der Waals surface area contributed by atoms with Crippen molar-refractivity contribution in [2.45, 2.75) is 45.1 Å².